The lowest BCUT2D eigenvalue weighted by atomic mass is 9.88. The molecule has 0 radical (unpaired) electrons. The van der Waals surface area contributed by atoms with Gasteiger partial charge in [-0.3, -0.25) is 10.1 Å². The minimum atomic E-state index is 0.272. The Bertz CT molecular complexity index is 239. The lowest BCUT2D eigenvalue weighted by Gasteiger charge is -2.38. The van der Waals surface area contributed by atoms with Crippen LogP contribution in [0.3, 0.4) is 0 Å². The van der Waals surface area contributed by atoms with Crippen LogP contribution in [0.4, 0.5) is 0 Å². The molecule has 0 unspecified atom stereocenters. The van der Waals surface area contributed by atoms with Gasteiger partial charge in [0, 0.05) is 11.3 Å². The van der Waals surface area contributed by atoms with E-state index in [4.69, 9.17) is 0 Å². The minimum Gasteiger partial charge on any atom is -0.327 e. The second-order valence-corrected chi connectivity index (χ2v) is 5.90. The first-order chi connectivity index (χ1) is 7.26. The summed E-state index contributed by atoms with van der Waals surface area (Å²) in [5.74, 6) is 0.272. The summed E-state index contributed by atoms with van der Waals surface area (Å²) in [6, 6.07) is 0. The van der Waals surface area contributed by atoms with Crippen molar-refractivity contribution in [2.24, 2.45) is 0 Å². The molecule has 0 bridgehead atoms. The first-order valence-electron chi connectivity index (χ1n) is 5.79. The van der Waals surface area contributed by atoms with Crippen LogP contribution in [0.5, 0.6) is 0 Å². The van der Waals surface area contributed by atoms with Crippen LogP contribution in [-0.2, 0) is 4.79 Å². The molecular weight excluding hydrogens is 208 g/mol. The average Bonchev–Trinajstić information content (AvgIpc) is 2.66. The number of rotatable bonds is 3. The Kier molecular flexibility index (Phi) is 3.57. The second kappa shape index (κ2) is 4.74. The summed E-state index contributed by atoms with van der Waals surface area (Å²) in [5, 5.41) is 3.12. The zero-order valence-corrected chi connectivity index (χ0v) is 10.2. The number of carbonyl (C=O) groups excluding carboxylic acids is 1. The number of thioether (sulfide) groups is 1. The number of hydrogen-bond acceptors (Lipinski definition) is 3. The summed E-state index contributed by atoms with van der Waals surface area (Å²) >= 11 is 1.96. The molecule has 1 heterocycles. The van der Waals surface area contributed by atoms with Gasteiger partial charge in [-0.1, -0.05) is 19.3 Å². The van der Waals surface area contributed by atoms with Gasteiger partial charge < -0.3 is 4.90 Å². The highest BCUT2D eigenvalue weighted by molar-refractivity contribution is 8.00. The summed E-state index contributed by atoms with van der Waals surface area (Å²) < 4.78 is 0.347. The van der Waals surface area contributed by atoms with Crippen LogP contribution in [0.1, 0.15) is 32.1 Å². The molecule has 0 aromatic carbocycles. The van der Waals surface area contributed by atoms with Crippen molar-refractivity contribution in [1.29, 1.82) is 0 Å². The van der Waals surface area contributed by atoms with Crippen LogP contribution in [0, 0.1) is 0 Å². The normalized spacial score (nSPS) is 25.9. The maximum atomic E-state index is 11.6. The standard InChI is InChI=1S/C11H20N2OS/c1-15-11(5-3-2-4-6-11)8-13-9-12-7-10(13)14/h12H,2-9H2,1H3. The fourth-order valence-electron chi connectivity index (χ4n) is 2.61. The van der Waals surface area contributed by atoms with Crippen molar-refractivity contribution in [2.75, 3.05) is 26.0 Å². The first kappa shape index (κ1) is 11.3. The Morgan fingerprint density at radius 2 is 2.13 bits per heavy atom. The molecule has 4 heteroatoms. The zero-order chi connectivity index (χ0) is 10.7. The fraction of sp³-hybridized carbons (Fsp3) is 0.909. The van der Waals surface area contributed by atoms with Crippen molar-refractivity contribution >= 4 is 17.7 Å². The van der Waals surface area contributed by atoms with Crippen LogP contribution >= 0.6 is 11.8 Å². The molecule has 15 heavy (non-hydrogen) atoms. The van der Waals surface area contributed by atoms with E-state index in [-0.39, 0.29) is 5.91 Å². The maximum absolute atomic E-state index is 11.6. The number of hydrogen-bond donors (Lipinski definition) is 1. The molecule has 1 saturated carbocycles. The predicted molar refractivity (Wildman–Crippen MR) is 63.9 cm³/mol. The van der Waals surface area contributed by atoms with E-state index in [1.54, 1.807) is 0 Å². The SMILES string of the molecule is CSC1(CN2CNCC2=O)CCCCC1. The van der Waals surface area contributed by atoms with Crippen molar-refractivity contribution in [3.05, 3.63) is 0 Å². The average molecular weight is 228 g/mol. The van der Waals surface area contributed by atoms with Crippen LogP contribution in [0.15, 0.2) is 0 Å². The largest absolute Gasteiger partial charge is 0.327 e. The molecule has 3 nitrogen and oxygen atoms in total. The van der Waals surface area contributed by atoms with Crippen molar-refractivity contribution in [1.82, 2.24) is 10.2 Å². The third kappa shape index (κ3) is 2.48. The molecule has 0 aromatic rings. The Labute approximate surface area is 96.0 Å². The first-order valence-corrected chi connectivity index (χ1v) is 7.02. The molecule has 2 fully saturated rings. The quantitative estimate of drug-likeness (QED) is 0.793. The van der Waals surface area contributed by atoms with Crippen molar-refractivity contribution in [2.45, 2.75) is 36.9 Å². The van der Waals surface area contributed by atoms with Crippen molar-refractivity contribution < 1.29 is 4.79 Å². The molecule has 2 aliphatic rings. The Balaban J connectivity index is 1.97. The van der Waals surface area contributed by atoms with Gasteiger partial charge in [-0.25, -0.2) is 0 Å². The molecule has 0 aromatic heterocycles. The summed E-state index contributed by atoms with van der Waals surface area (Å²) in [4.78, 5) is 13.5. The molecule has 0 spiro atoms. The van der Waals surface area contributed by atoms with E-state index < -0.39 is 0 Å². The van der Waals surface area contributed by atoms with Gasteiger partial charge in [-0.05, 0) is 19.1 Å². The second-order valence-electron chi connectivity index (χ2n) is 4.62. The molecule has 2 rings (SSSR count). The van der Waals surface area contributed by atoms with E-state index in [9.17, 15) is 4.79 Å². The van der Waals surface area contributed by atoms with Gasteiger partial charge in [0.2, 0.25) is 5.91 Å². The van der Waals surface area contributed by atoms with Gasteiger partial charge in [-0.2, -0.15) is 11.8 Å². The highest BCUT2D eigenvalue weighted by atomic mass is 32.2. The highest BCUT2D eigenvalue weighted by Gasteiger charge is 2.35. The highest BCUT2D eigenvalue weighted by Crippen LogP contribution is 2.39. The smallest absolute Gasteiger partial charge is 0.237 e. The van der Waals surface area contributed by atoms with E-state index in [0.717, 1.165) is 13.2 Å². The molecule has 1 amide bonds. The van der Waals surface area contributed by atoms with Crippen LogP contribution in [-0.4, -0.2) is 41.6 Å². The molecule has 1 aliphatic carbocycles. The summed E-state index contributed by atoms with van der Waals surface area (Å²) in [5.41, 5.74) is 0. The maximum Gasteiger partial charge on any atom is 0.237 e. The topological polar surface area (TPSA) is 32.3 Å². The third-order valence-electron chi connectivity index (χ3n) is 3.61. The van der Waals surface area contributed by atoms with E-state index in [0.29, 0.717) is 11.3 Å². The summed E-state index contributed by atoms with van der Waals surface area (Å²) in [7, 11) is 0. The van der Waals surface area contributed by atoms with Crippen molar-refractivity contribution in [3.8, 4) is 0 Å². The van der Waals surface area contributed by atoms with Crippen molar-refractivity contribution in [3.63, 3.8) is 0 Å². The van der Waals surface area contributed by atoms with Crippen LogP contribution < -0.4 is 5.32 Å². The number of amides is 1. The molecular formula is C11H20N2OS. The third-order valence-corrected chi connectivity index (χ3v) is 5.01. The monoisotopic (exact) mass is 228 g/mol. The van der Waals surface area contributed by atoms with Crippen LogP contribution in [0.25, 0.3) is 0 Å². The molecule has 0 atom stereocenters. The van der Waals surface area contributed by atoms with Gasteiger partial charge in [0.1, 0.15) is 0 Å². The molecule has 86 valence electrons. The lowest BCUT2D eigenvalue weighted by molar-refractivity contribution is -0.127. The Hall–Kier alpha value is -0.220. The van der Waals surface area contributed by atoms with E-state index in [2.05, 4.69) is 11.6 Å². The molecule has 1 aliphatic heterocycles. The summed E-state index contributed by atoms with van der Waals surface area (Å²) in [6.45, 7) is 2.23. The number of nitrogens with one attached hydrogen (secondary N) is 1. The van der Waals surface area contributed by atoms with E-state index in [1.165, 1.54) is 32.1 Å². The van der Waals surface area contributed by atoms with Gasteiger partial charge >= 0.3 is 0 Å². The summed E-state index contributed by atoms with van der Waals surface area (Å²) in [6.07, 6.45) is 8.77. The van der Waals surface area contributed by atoms with Gasteiger partial charge in [0.05, 0.1) is 13.2 Å². The van der Waals surface area contributed by atoms with Crippen LogP contribution in [0.2, 0.25) is 0 Å². The number of nitrogens with zero attached hydrogens (tertiary/aromatic N) is 1. The number of carbonyl (C=O) groups is 1. The molecule has 1 saturated heterocycles. The zero-order valence-electron chi connectivity index (χ0n) is 9.42. The van der Waals surface area contributed by atoms with Gasteiger partial charge in [0.15, 0.2) is 0 Å². The van der Waals surface area contributed by atoms with Gasteiger partial charge in [-0.15, -0.1) is 0 Å². The Morgan fingerprint density at radius 3 is 2.67 bits per heavy atom. The Morgan fingerprint density at radius 1 is 1.40 bits per heavy atom. The minimum absolute atomic E-state index is 0.272. The molecule has 1 N–H and O–H groups in total. The van der Waals surface area contributed by atoms with Gasteiger partial charge in [0.25, 0.3) is 0 Å². The predicted octanol–water partition coefficient (Wildman–Crippen LogP) is 1.44. The lowest BCUT2D eigenvalue weighted by Crippen LogP contribution is -2.43. The fourth-order valence-corrected chi connectivity index (χ4v) is 3.59. The van der Waals surface area contributed by atoms with E-state index in [1.807, 2.05) is 16.7 Å². The van der Waals surface area contributed by atoms with E-state index >= 15 is 0 Å².